The van der Waals surface area contributed by atoms with Gasteiger partial charge in [0.2, 0.25) is 10.0 Å². The van der Waals surface area contributed by atoms with Gasteiger partial charge in [-0.05, 0) is 38.6 Å². The fourth-order valence-corrected chi connectivity index (χ4v) is 8.96. The summed E-state index contributed by atoms with van der Waals surface area (Å²) in [5.41, 5.74) is -0.431. The van der Waals surface area contributed by atoms with E-state index in [1.165, 1.54) is 0 Å². The molecule has 0 amide bonds. The number of sulfone groups is 1. The van der Waals surface area contributed by atoms with E-state index in [4.69, 9.17) is 0 Å². The number of nitrogens with zero attached hydrogens (tertiary/aromatic N) is 1. The zero-order valence-corrected chi connectivity index (χ0v) is 13.5. The molecule has 0 aromatic heterocycles. The van der Waals surface area contributed by atoms with Gasteiger partial charge in [0.05, 0.1) is 16.8 Å². The van der Waals surface area contributed by atoms with Crippen LogP contribution in [-0.4, -0.2) is 63.1 Å². The summed E-state index contributed by atoms with van der Waals surface area (Å²) >= 11 is 0. The molecule has 3 aliphatic rings. The largest absolute Gasteiger partial charge is 0.316 e. The summed E-state index contributed by atoms with van der Waals surface area (Å²) in [5, 5.41) is 2.57. The Bertz CT molecular complexity index is 611. The van der Waals surface area contributed by atoms with Crippen LogP contribution >= 0.6 is 0 Å². The van der Waals surface area contributed by atoms with E-state index in [1.807, 2.05) is 13.8 Å². The lowest BCUT2D eigenvalue weighted by Crippen LogP contribution is -2.50. The highest BCUT2D eigenvalue weighted by Gasteiger charge is 2.56. The third-order valence-corrected chi connectivity index (χ3v) is 9.67. The standard InChI is InChI=1S/C12H22N2O4S2/c1-12(2)11-6-13-5-9(11)7-14(12)20(17,18)10-3-4-19(15,16)8-10/h9-11,13H,3-8H2,1-2H3. The molecule has 3 atom stereocenters. The molecule has 0 aromatic carbocycles. The van der Waals surface area contributed by atoms with Crippen LogP contribution in [0.1, 0.15) is 20.3 Å². The topological polar surface area (TPSA) is 83.6 Å². The van der Waals surface area contributed by atoms with Gasteiger partial charge in [-0.25, -0.2) is 16.8 Å². The molecule has 0 spiro atoms. The van der Waals surface area contributed by atoms with E-state index in [1.54, 1.807) is 4.31 Å². The Kier molecular flexibility index (Phi) is 3.25. The lowest BCUT2D eigenvalue weighted by atomic mass is 9.85. The van der Waals surface area contributed by atoms with E-state index in [0.717, 1.165) is 13.1 Å². The molecule has 6 nitrogen and oxygen atoms in total. The minimum Gasteiger partial charge on any atom is -0.316 e. The van der Waals surface area contributed by atoms with Crippen molar-refractivity contribution in [1.82, 2.24) is 9.62 Å². The first-order valence-electron chi connectivity index (χ1n) is 7.07. The first-order chi connectivity index (χ1) is 9.14. The van der Waals surface area contributed by atoms with E-state index in [0.29, 0.717) is 18.4 Å². The van der Waals surface area contributed by atoms with E-state index in [-0.39, 0.29) is 17.9 Å². The van der Waals surface area contributed by atoms with Crippen molar-refractivity contribution in [2.75, 3.05) is 31.1 Å². The summed E-state index contributed by atoms with van der Waals surface area (Å²) in [7, 11) is -6.71. The normalized spacial score (nSPS) is 40.0. The zero-order valence-electron chi connectivity index (χ0n) is 11.9. The van der Waals surface area contributed by atoms with Gasteiger partial charge >= 0.3 is 0 Å². The van der Waals surface area contributed by atoms with Crippen molar-refractivity contribution in [3.05, 3.63) is 0 Å². The number of rotatable bonds is 2. The van der Waals surface area contributed by atoms with Crippen LogP contribution in [-0.2, 0) is 19.9 Å². The molecule has 116 valence electrons. The van der Waals surface area contributed by atoms with Crippen LogP contribution in [0.3, 0.4) is 0 Å². The molecule has 3 aliphatic heterocycles. The fraction of sp³-hybridized carbons (Fsp3) is 1.00. The highest BCUT2D eigenvalue weighted by atomic mass is 32.2. The van der Waals surface area contributed by atoms with Gasteiger partial charge in [-0.2, -0.15) is 4.31 Å². The molecule has 0 saturated carbocycles. The Morgan fingerprint density at radius 3 is 2.50 bits per heavy atom. The van der Waals surface area contributed by atoms with Crippen LogP contribution in [0.15, 0.2) is 0 Å². The van der Waals surface area contributed by atoms with Gasteiger partial charge in [0.15, 0.2) is 9.84 Å². The Balaban J connectivity index is 1.89. The van der Waals surface area contributed by atoms with Crippen molar-refractivity contribution < 1.29 is 16.8 Å². The van der Waals surface area contributed by atoms with Gasteiger partial charge in [-0.1, -0.05) is 0 Å². The average molecular weight is 322 g/mol. The van der Waals surface area contributed by atoms with Gasteiger partial charge in [-0.15, -0.1) is 0 Å². The molecular weight excluding hydrogens is 300 g/mol. The van der Waals surface area contributed by atoms with Crippen LogP contribution in [0.4, 0.5) is 0 Å². The van der Waals surface area contributed by atoms with Crippen molar-refractivity contribution in [1.29, 1.82) is 0 Å². The summed E-state index contributed by atoms with van der Waals surface area (Å²) in [5.74, 6) is 0.447. The van der Waals surface area contributed by atoms with E-state index in [9.17, 15) is 16.8 Å². The quantitative estimate of drug-likeness (QED) is 0.736. The fourth-order valence-electron chi connectivity index (χ4n) is 3.99. The molecular formula is C12H22N2O4S2. The number of hydrogen-bond donors (Lipinski definition) is 1. The van der Waals surface area contributed by atoms with Crippen molar-refractivity contribution in [2.45, 2.75) is 31.1 Å². The third-order valence-electron chi connectivity index (χ3n) is 5.21. The monoisotopic (exact) mass is 322 g/mol. The van der Waals surface area contributed by atoms with Crippen LogP contribution in [0.25, 0.3) is 0 Å². The van der Waals surface area contributed by atoms with E-state index < -0.39 is 30.6 Å². The summed E-state index contributed by atoms with van der Waals surface area (Å²) in [6.07, 6.45) is 0.241. The highest BCUT2D eigenvalue weighted by Crippen LogP contribution is 2.43. The SMILES string of the molecule is CC1(C)C2CNCC2CN1S(=O)(=O)C1CCS(=O)(=O)C1. The van der Waals surface area contributed by atoms with Crippen molar-refractivity contribution in [3.63, 3.8) is 0 Å². The third kappa shape index (κ3) is 2.12. The maximum Gasteiger partial charge on any atom is 0.218 e. The van der Waals surface area contributed by atoms with Gasteiger partial charge in [0.1, 0.15) is 0 Å². The molecule has 1 N–H and O–H groups in total. The second-order valence-corrected chi connectivity index (χ2v) is 11.1. The number of fused-ring (bicyclic) bond motifs is 1. The van der Waals surface area contributed by atoms with Crippen LogP contribution in [0.2, 0.25) is 0 Å². The molecule has 20 heavy (non-hydrogen) atoms. The second kappa shape index (κ2) is 4.41. The molecule has 0 aromatic rings. The first-order valence-corrected chi connectivity index (χ1v) is 10.4. The van der Waals surface area contributed by atoms with Crippen molar-refractivity contribution in [3.8, 4) is 0 Å². The average Bonchev–Trinajstić information content (AvgIpc) is 2.96. The Morgan fingerprint density at radius 1 is 1.25 bits per heavy atom. The number of hydrogen-bond acceptors (Lipinski definition) is 5. The molecule has 0 aliphatic carbocycles. The van der Waals surface area contributed by atoms with Gasteiger partial charge in [0, 0.05) is 18.6 Å². The van der Waals surface area contributed by atoms with Gasteiger partial charge in [-0.3, -0.25) is 0 Å². The lowest BCUT2D eigenvalue weighted by Gasteiger charge is -2.36. The molecule has 0 radical (unpaired) electrons. The predicted octanol–water partition coefficient (Wildman–Crippen LogP) is -0.567. The van der Waals surface area contributed by atoms with E-state index >= 15 is 0 Å². The molecule has 3 saturated heterocycles. The summed E-state index contributed by atoms with van der Waals surface area (Å²) < 4.78 is 50.3. The highest BCUT2D eigenvalue weighted by molar-refractivity contribution is 7.95. The van der Waals surface area contributed by atoms with E-state index in [2.05, 4.69) is 5.32 Å². The minimum absolute atomic E-state index is 0.000419. The first kappa shape index (κ1) is 14.7. The Morgan fingerprint density at radius 2 is 1.95 bits per heavy atom. The summed E-state index contributed by atoms with van der Waals surface area (Å²) in [4.78, 5) is 0. The Labute approximate surface area is 120 Å². The predicted molar refractivity (Wildman–Crippen MR) is 76.6 cm³/mol. The second-order valence-electron chi connectivity index (χ2n) is 6.78. The molecule has 3 heterocycles. The molecule has 3 unspecified atom stereocenters. The van der Waals surface area contributed by atoms with Crippen LogP contribution in [0, 0.1) is 11.8 Å². The number of nitrogens with one attached hydrogen (secondary N) is 1. The summed E-state index contributed by atoms with van der Waals surface area (Å²) in [6.45, 7) is 6.14. The maximum absolute atomic E-state index is 12.8. The van der Waals surface area contributed by atoms with Crippen LogP contribution in [0.5, 0.6) is 0 Å². The molecule has 3 fully saturated rings. The molecule has 0 bridgehead atoms. The van der Waals surface area contributed by atoms with Crippen LogP contribution < -0.4 is 5.32 Å². The van der Waals surface area contributed by atoms with Crippen molar-refractivity contribution >= 4 is 19.9 Å². The smallest absolute Gasteiger partial charge is 0.218 e. The maximum atomic E-state index is 12.8. The number of sulfonamides is 1. The Hall–Kier alpha value is -0.180. The molecule has 8 heteroatoms. The lowest BCUT2D eigenvalue weighted by molar-refractivity contribution is 0.231. The summed E-state index contributed by atoms with van der Waals surface area (Å²) in [6, 6.07) is 0. The minimum atomic E-state index is -3.53. The zero-order chi connectivity index (χ0) is 14.8. The van der Waals surface area contributed by atoms with Gasteiger partial charge in [0.25, 0.3) is 0 Å². The van der Waals surface area contributed by atoms with Gasteiger partial charge < -0.3 is 5.32 Å². The molecule has 3 rings (SSSR count). The van der Waals surface area contributed by atoms with Crippen molar-refractivity contribution in [2.24, 2.45) is 11.8 Å².